The van der Waals surface area contributed by atoms with Crippen LogP contribution in [0.1, 0.15) is 30.1 Å². The zero-order chi connectivity index (χ0) is 13.4. The van der Waals surface area contributed by atoms with Gasteiger partial charge in [-0.1, -0.05) is 13.3 Å². The van der Waals surface area contributed by atoms with E-state index < -0.39 is 5.97 Å². The number of hydrogen-bond donors (Lipinski definition) is 2. The summed E-state index contributed by atoms with van der Waals surface area (Å²) in [7, 11) is 0. The number of carbonyl (C=O) groups is 2. The molecule has 0 aliphatic carbocycles. The average molecular weight is 268 g/mol. The Morgan fingerprint density at radius 2 is 2.22 bits per heavy atom. The zero-order valence-electron chi connectivity index (χ0n) is 10.2. The Kier molecular flexibility index (Phi) is 6.21. The highest BCUT2D eigenvalue weighted by Gasteiger charge is 2.05. The van der Waals surface area contributed by atoms with Crippen molar-refractivity contribution in [1.29, 1.82) is 0 Å². The summed E-state index contributed by atoms with van der Waals surface area (Å²) in [6.07, 6.45) is 3.44. The second-order valence-electron chi connectivity index (χ2n) is 3.69. The van der Waals surface area contributed by atoms with E-state index >= 15 is 0 Å². The van der Waals surface area contributed by atoms with Gasteiger partial charge in [-0.05, 0) is 24.3 Å². The number of pyridine rings is 1. The molecular formula is C12H16N2O3S. The SMILES string of the molecule is CCCCSCC(=O)Nc1ccc(C(=O)O)cn1. The highest BCUT2D eigenvalue weighted by Crippen LogP contribution is 2.08. The smallest absolute Gasteiger partial charge is 0.337 e. The minimum absolute atomic E-state index is 0.102. The maximum Gasteiger partial charge on any atom is 0.337 e. The van der Waals surface area contributed by atoms with Crippen molar-refractivity contribution >= 4 is 29.5 Å². The fraction of sp³-hybridized carbons (Fsp3) is 0.417. The highest BCUT2D eigenvalue weighted by atomic mass is 32.2. The van der Waals surface area contributed by atoms with E-state index in [0.717, 1.165) is 18.6 Å². The van der Waals surface area contributed by atoms with Gasteiger partial charge in [-0.2, -0.15) is 11.8 Å². The van der Waals surface area contributed by atoms with Crippen LogP contribution in [0.2, 0.25) is 0 Å². The van der Waals surface area contributed by atoms with Crippen LogP contribution in [-0.4, -0.2) is 33.5 Å². The molecule has 0 saturated carbocycles. The van der Waals surface area contributed by atoms with E-state index in [4.69, 9.17) is 5.11 Å². The molecule has 0 bridgehead atoms. The molecule has 98 valence electrons. The lowest BCUT2D eigenvalue weighted by Gasteiger charge is -2.04. The molecule has 0 aromatic carbocycles. The number of nitrogens with one attached hydrogen (secondary N) is 1. The standard InChI is InChI=1S/C12H16N2O3S/c1-2-3-6-18-8-11(15)14-10-5-4-9(7-13-10)12(16)17/h4-5,7H,2-3,6,8H2,1H3,(H,16,17)(H,13,14,15). The third-order valence-electron chi connectivity index (χ3n) is 2.15. The summed E-state index contributed by atoms with van der Waals surface area (Å²) in [4.78, 5) is 26.0. The number of carbonyl (C=O) groups excluding carboxylic acids is 1. The van der Waals surface area contributed by atoms with Crippen molar-refractivity contribution in [3.8, 4) is 0 Å². The molecule has 0 saturated heterocycles. The quantitative estimate of drug-likeness (QED) is 0.741. The van der Waals surface area contributed by atoms with Crippen LogP contribution in [0.15, 0.2) is 18.3 Å². The van der Waals surface area contributed by atoms with E-state index in [1.807, 2.05) is 0 Å². The Hall–Kier alpha value is -1.56. The number of hydrogen-bond acceptors (Lipinski definition) is 4. The topological polar surface area (TPSA) is 79.3 Å². The van der Waals surface area contributed by atoms with E-state index in [0.29, 0.717) is 11.6 Å². The molecule has 0 atom stereocenters. The Morgan fingerprint density at radius 3 is 2.78 bits per heavy atom. The average Bonchev–Trinajstić information content (AvgIpc) is 2.35. The largest absolute Gasteiger partial charge is 0.478 e. The number of unbranched alkanes of at least 4 members (excludes halogenated alkanes) is 1. The van der Waals surface area contributed by atoms with Gasteiger partial charge >= 0.3 is 5.97 Å². The minimum atomic E-state index is -1.03. The van der Waals surface area contributed by atoms with Crippen LogP contribution >= 0.6 is 11.8 Å². The minimum Gasteiger partial charge on any atom is -0.478 e. The van der Waals surface area contributed by atoms with Gasteiger partial charge in [0.05, 0.1) is 11.3 Å². The van der Waals surface area contributed by atoms with Crippen LogP contribution in [0, 0.1) is 0 Å². The first-order valence-electron chi connectivity index (χ1n) is 5.70. The van der Waals surface area contributed by atoms with Crippen molar-refractivity contribution in [2.45, 2.75) is 19.8 Å². The van der Waals surface area contributed by atoms with Crippen molar-refractivity contribution in [3.05, 3.63) is 23.9 Å². The first-order chi connectivity index (χ1) is 8.63. The molecular weight excluding hydrogens is 252 g/mol. The van der Waals surface area contributed by atoms with Crippen LogP contribution < -0.4 is 5.32 Å². The van der Waals surface area contributed by atoms with Gasteiger partial charge in [-0.3, -0.25) is 4.79 Å². The molecule has 6 heteroatoms. The van der Waals surface area contributed by atoms with Crippen molar-refractivity contribution < 1.29 is 14.7 Å². The number of aromatic nitrogens is 1. The maximum absolute atomic E-state index is 11.5. The van der Waals surface area contributed by atoms with Crippen molar-refractivity contribution in [2.75, 3.05) is 16.8 Å². The molecule has 0 unspecified atom stereocenters. The Balaban J connectivity index is 2.37. The van der Waals surface area contributed by atoms with Crippen LogP contribution in [0.25, 0.3) is 0 Å². The predicted octanol–water partition coefficient (Wildman–Crippen LogP) is 2.25. The van der Waals surface area contributed by atoms with E-state index in [-0.39, 0.29) is 11.5 Å². The van der Waals surface area contributed by atoms with Gasteiger partial charge in [0.1, 0.15) is 5.82 Å². The zero-order valence-corrected chi connectivity index (χ0v) is 11.0. The second-order valence-corrected chi connectivity index (χ2v) is 4.80. The fourth-order valence-corrected chi connectivity index (χ4v) is 2.08. The summed E-state index contributed by atoms with van der Waals surface area (Å²) in [6.45, 7) is 2.11. The number of carboxylic acids is 1. The maximum atomic E-state index is 11.5. The molecule has 0 aliphatic heterocycles. The van der Waals surface area contributed by atoms with Crippen LogP contribution in [0.4, 0.5) is 5.82 Å². The highest BCUT2D eigenvalue weighted by molar-refractivity contribution is 7.99. The monoisotopic (exact) mass is 268 g/mol. The predicted molar refractivity (Wildman–Crippen MR) is 72.1 cm³/mol. The Labute approximate surface area is 110 Å². The van der Waals surface area contributed by atoms with E-state index in [1.54, 1.807) is 11.8 Å². The third kappa shape index (κ3) is 5.18. The Bertz CT molecular complexity index is 406. The summed E-state index contributed by atoms with van der Waals surface area (Å²) in [5, 5.41) is 11.3. The van der Waals surface area contributed by atoms with Crippen molar-refractivity contribution in [2.24, 2.45) is 0 Å². The summed E-state index contributed by atoms with van der Waals surface area (Å²) in [6, 6.07) is 2.90. The number of anilines is 1. The number of rotatable bonds is 7. The molecule has 1 aromatic heterocycles. The fourth-order valence-electron chi connectivity index (χ4n) is 1.18. The summed E-state index contributed by atoms with van der Waals surface area (Å²) in [5.74, 6) is 0.584. The number of thioether (sulfide) groups is 1. The molecule has 0 radical (unpaired) electrons. The van der Waals surface area contributed by atoms with Crippen LogP contribution in [0.3, 0.4) is 0 Å². The molecule has 0 aliphatic rings. The number of amides is 1. The lowest BCUT2D eigenvalue weighted by Crippen LogP contribution is -2.15. The molecule has 1 amide bonds. The van der Waals surface area contributed by atoms with Gasteiger partial charge in [0, 0.05) is 6.20 Å². The van der Waals surface area contributed by atoms with Gasteiger partial charge in [-0.15, -0.1) is 0 Å². The molecule has 2 N–H and O–H groups in total. The van der Waals surface area contributed by atoms with Crippen molar-refractivity contribution in [1.82, 2.24) is 4.98 Å². The van der Waals surface area contributed by atoms with Gasteiger partial charge in [0.15, 0.2) is 0 Å². The van der Waals surface area contributed by atoms with Gasteiger partial charge < -0.3 is 10.4 Å². The number of aromatic carboxylic acids is 1. The first-order valence-corrected chi connectivity index (χ1v) is 6.86. The van der Waals surface area contributed by atoms with Gasteiger partial charge in [0.2, 0.25) is 5.91 Å². The molecule has 18 heavy (non-hydrogen) atoms. The third-order valence-corrected chi connectivity index (χ3v) is 3.20. The molecule has 1 aromatic rings. The first kappa shape index (κ1) is 14.5. The molecule has 0 fully saturated rings. The molecule has 1 heterocycles. The molecule has 1 rings (SSSR count). The Morgan fingerprint density at radius 1 is 1.44 bits per heavy atom. The lowest BCUT2D eigenvalue weighted by atomic mass is 10.3. The normalized spacial score (nSPS) is 10.1. The summed E-state index contributed by atoms with van der Waals surface area (Å²) >= 11 is 1.58. The van der Waals surface area contributed by atoms with Crippen molar-refractivity contribution in [3.63, 3.8) is 0 Å². The van der Waals surface area contributed by atoms with E-state index in [2.05, 4.69) is 17.2 Å². The second kappa shape index (κ2) is 7.71. The summed E-state index contributed by atoms with van der Waals surface area (Å²) < 4.78 is 0. The molecule has 5 nitrogen and oxygen atoms in total. The van der Waals surface area contributed by atoms with Gasteiger partial charge in [0.25, 0.3) is 0 Å². The van der Waals surface area contributed by atoms with Gasteiger partial charge in [-0.25, -0.2) is 9.78 Å². The van der Waals surface area contributed by atoms with E-state index in [1.165, 1.54) is 18.3 Å². The summed E-state index contributed by atoms with van der Waals surface area (Å²) in [5.41, 5.74) is 0.102. The number of carboxylic acid groups (broad SMARTS) is 1. The van der Waals surface area contributed by atoms with E-state index in [9.17, 15) is 9.59 Å². The molecule has 0 spiro atoms. The lowest BCUT2D eigenvalue weighted by molar-refractivity contribution is -0.113. The number of nitrogens with zero attached hydrogens (tertiary/aromatic N) is 1. The van der Waals surface area contributed by atoms with Crippen LogP contribution in [-0.2, 0) is 4.79 Å². The van der Waals surface area contributed by atoms with Crippen LogP contribution in [0.5, 0.6) is 0 Å².